The number of aromatic hydroxyl groups is 1. The van der Waals surface area contributed by atoms with E-state index in [-0.39, 0.29) is 58.7 Å². The topological polar surface area (TPSA) is 87.7 Å². The first-order chi connectivity index (χ1) is 14.0. The standard InChI is InChI=1S/C24H28O5/c1-14(13-25)17-9-5-6-10-18(26)20-22(27)21(24(28)29-23(17)20)19(16-11-12-16)15-7-3-2-4-8-15/h2-4,7-8,14,16-17,19,25,27H,5-6,9-13H2,1H3. The van der Waals surface area contributed by atoms with Crippen LogP contribution >= 0.6 is 0 Å². The Hall–Kier alpha value is -2.40. The summed E-state index contributed by atoms with van der Waals surface area (Å²) >= 11 is 0. The van der Waals surface area contributed by atoms with Gasteiger partial charge in [0.05, 0.1) is 11.1 Å². The number of rotatable bonds is 5. The number of Topliss-reactive ketones (excluding diaryl/α,β-unsaturated/α-hetero) is 1. The zero-order chi connectivity index (χ0) is 20.5. The number of benzene rings is 1. The van der Waals surface area contributed by atoms with Crippen molar-refractivity contribution < 1.29 is 19.4 Å². The quantitative estimate of drug-likeness (QED) is 0.784. The number of fused-ring (bicyclic) bond motifs is 1. The highest BCUT2D eigenvalue weighted by atomic mass is 16.4. The fraction of sp³-hybridized carbons (Fsp3) is 0.500. The summed E-state index contributed by atoms with van der Waals surface area (Å²) in [5.41, 5.74) is 0.759. The molecule has 0 amide bonds. The predicted molar refractivity (Wildman–Crippen MR) is 109 cm³/mol. The van der Waals surface area contributed by atoms with Crippen molar-refractivity contribution >= 4 is 5.78 Å². The Morgan fingerprint density at radius 1 is 1.10 bits per heavy atom. The molecule has 154 valence electrons. The number of ketones is 1. The molecule has 2 aliphatic carbocycles. The van der Waals surface area contributed by atoms with Crippen LogP contribution in [0.1, 0.15) is 84.5 Å². The van der Waals surface area contributed by atoms with Crippen LogP contribution in [0, 0.1) is 11.8 Å². The van der Waals surface area contributed by atoms with Gasteiger partial charge in [-0.25, -0.2) is 4.79 Å². The molecule has 4 rings (SSSR count). The minimum absolute atomic E-state index is 0.0702. The van der Waals surface area contributed by atoms with Crippen LogP contribution in [-0.2, 0) is 0 Å². The number of hydrogen-bond acceptors (Lipinski definition) is 5. The molecule has 0 aliphatic heterocycles. The highest BCUT2D eigenvalue weighted by Gasteiger charge is 2.40. The zero-order valence-electron chi connectivity index (χ0n) is 16.8. The van der Waals surface area contributed by atoms with Crippen molar-refractivity contribution in [3.05, 3.63) is 63.2 Å². The Bertz CT molecular complexity index is 942. The molecule has 0 saturated heterocycles. The van der Waals surface area contributed by atoms with Gasteiger partial charge in [0.25, 0.3) is 0 Å². The van der Waals surface area contributed by atoms with Crippen LogP contribution in [0.5, 0.6) is 5.75 Å². The van der Waals surface area contributed by atoms with Crippen LogP contribution in [0.3, 0.4) is 0 Å². The van der Waals surface area contributed by atoms with Gasteiger partial charge in [-0.05, 0) is 43.1 Å². The maximum absolute atomic E-state index is 13.1. The number of aliphatic hydroxyl groups excluding tert-OH is 1. The van der Waals surface area contributed by atoms with Gasteiger partial charge in [-0.15, -0.1) is 0 Å². The lowest BCUT2D eigenvalue weighted by Crippen LogP contribution is -2.25. The molecule has 29 heavy (non-hydrogen) atoms. The summed E-state index contributed by atoms with van der Waals surface area (Å²) in [6, 6.07) is 9.66. The number of carbonyl (C=O) groups is 1. The van der Waals surface area contributed by atoms with Crippen molar-refractivity contribution in [3.63, 3.8) is 0 Å². The third-order valence-corrected chi connectivity index (χ3v) is 6.48. The average Bonchev–Trinajstić information content (AvgIpc) is 3.54. The third-order valence-electron chi connectivity index (χ3n) is 6.48. The molecular formula is C24H28O5. The molecular weight excluding hydrogens is 368 g/mol. The summed E-state index contributed by atoms with van der Waals surface area (Å²) in [7, 11) is 0. The van der Waals surface area contributed by atoms with Crippen LogP contribution in [-0.4, -0.2) is 22.6 Å². The molecule has 5 nitrogen and oxygen atoms in total. The Morgan fingerprint density at radius 2 is 1.83 bits per heavy atom. The third kappa shape index (κ3) is 3.76. The summed E-state index contributed by atoms with van der Waals surface area (Å²) in [6.45, 7) is 1.81. The monoisotopic (exact) mass is 396 g/mol. The van der Waals surface area contributed by atoms with Gasteiger partial charge in [0.15, 0.2) is 5.78 Å². The molecule has 5 heteroatoms. The molecule has 1 aromatic heterocycles. The summed E-state index contributed by atoms with van der Waals surface area (Å²) < 4.78 is 5.79. The van der Waals surface area contributed by atoms with E-state index in [1.807, 2.05) is 37.3 Å². The number of aliphatic hydroxyl groups is 1. The Morgan fingerprint density at radius 3 is 2.48 bits per heavy atom. The van der Waals surface area contributed by atoms with E-state index in [1.54, 1.807) is 0 Å². The first-order valence-electron chi connectivity index (χ1n) is 10.6. The van der Waals surface area contributed by atoms with Crippen molar-refractivity contribution in [1.82, 2.24) is 0 Å². The van der Waals surface area contributed by atoms with E-state index in [0.717, 1.165) is 31.2 Å². The highest BCUT2D eigenvalue weighted by molar-refractivity contribution is 6.00. The second-order valence-electron chi connectivity index (χ2n) is 8.55. The van der Waals surface area contributed by atoms with Crippen LogP contribution in [0.25, 0.3) is 0 Å². The van der Waals surface area contributed by atoms with Crippen LogP contribution < -0.4 is 5.63 Å². The SMILES string of the molecule is CC(CO)C1CCCCC(=O)c2c1oc(=O)c(C(c1ccccc1)C1CC1)c2O. The van der Waals surface area contributed by atoms with Gasteiger partial charge in [0, 0.05) is 24.9 Å². The van der Waals surface area contributed by atoms with Gasteiger partial charge in [-0.3, -0.25) is 4.79 Å². The average molecular weight is 396 g/mol. The minimum atomic E-state index is -0.564. The molecule has 2 aliphatic rings. The van der Waals surface area contributed by atoms with Gasteiger partial charge in [-0.2, -0.15) is 0 Å². The van der Waals surface area contributed by atoms with E-state index in [4.69, 9.17) is 4.42 Å². The van der Waals surface area contributed by atoms with Gasteiger partial charge >= 0.3 is 5.63 Å². The molecule has 1 fully saturated rings. The highest BCUT2D eigenvalue weighted by Crippen LogP contribution is 2.49. The molecule has 0 spiro atoms. The Kier molecular flexibility index (Phi) is 5.59. The van der Waals surface area contributed by atoms with E-state index in [0.29, 0.717) is 12.8 Å². The Labute approximate surface area is 170 Å². The summed E-state index contributed by atoms with van der Waals surface area (Å²) in [6.07, 6.45) is 4.55. The smallest absolute Gasteiger partial charge is 0.343 e. The zero-order valence-corrected chi connectivity index (χ0v) is 16.8. The van der Waals surface area contributed by atoms with Gasteiger partial charge in [-0.1, -0.05) is 43.7 Å². The van der Waals surface area contributed by atoms with Gasteiger partial charge in [0.2, 0.25) is 0 Å². The Balaban J connectivity index is 1.91. The molecule has 3 unspecified atom stereocenters. The van der Waals surface area contributed by atoms with Crippen molar-refractivity contribution in [1.29, 1.82) is 0 Å². The summed E-state index contributed by atoms with van der Waals surface area (Å²) in [5.74, 6) is -0.571. The molecule has 2 aromatic rings. The predicted octanol–water partition coefficient (Wildman–Crippen LogP) is 4.36. The molecule has 1 saturated carbocycles. The second kappa shape index (κ2) is 8.15. The van der Waals surface area contributed by atoms with Gasteiger partial charge < -0.3 is 14.6 Å². The fourth-order valence-electron chi connectivity index (χ4n) is 4.70. The summed E-state index contributed by atoms with van der Waals surface area (Å²) in [5, 5.41) is 20.9. The van der Waals surface area contributed by atoms with E-state index >= 15 is 0 Å². The van der Waals surface area contributed by atoms with Crippen LogP contribution in [0.4, 0.5) is 0 Å². The lowest BCUT2D eigenvalue weighted by atomic mass is 9.80. The first kappa shape index (κ1) is 19.9. The van der Waals surface area contributed by atoms with Crippen LogP contribution in [0.2, 0.25) is 0 Å². The molecule has 0 radical (unpaired) electrons. The van der Waals surface area contributed by atoms with E-state index < -0.39 is 5.63 Å². The van der Waals surface area contributed by atoms with Crippen LogP contribution in [0.15, 0.2) is 39.5 Å². The molecule has 3 atom stereocenters. The van der Waals surface area contributed by atoms with E-state index in [9.17, 15) is 19.8 Å². The minimum Gasteiger partial charge on any atom is -0.506 e. The van der Waals surface area contributed by atoms with Crippen molar-refractivity contribution in [2.24, 2.45) is 11.8 Å². The lowest BCUT2D eigenvalue weighted by Gasteiger charge is -2.27. The lowest BCUT2D eigenvalue weighted by molar-refractivity contribution is 0.0960. The fourth-order valence-corrected chi connectivity index (χ4v) is 4.70. The number of hydrogen-bond donors (Lipinski definition) is 2. The maximum Gasteiger partial charge on any atom is 0.343 e. The van der Waals surface area contributed by atoms with Gasteiger partial charge in [0.1, 0.15) is 11.5 Å². The van der Waals surface area contributed by atoms with Crippen molar-refractivity contribution in [2.45, 2.75) is 57.3 Å². The summed E-state index contributed by atoms with van der Waals surface area (Å²) in [4.78, 5) is 26.1. The first-order valence-corrected chi connectivity index (χ1v) is 10.6. The molecule has 1 aromatic carbocycles. The van der Waals surface area contributed by atoms with E-state index in [2.05, 4.69) is 0 Å². The normalized spacial score (nSPS) is 21.7. The second-order valence-corrected chi connectivity index (χ2v) is 8.55. The molecule has 0 bridgehead atoms. The van der Waals surface area contributed by atoms with Crippen molar-refractivity contribution in [3.8, 4) is 5.75 Å². The van der Waals surface area contributed by atoms with Crippen molar-refractivity contribution in [2.75, 3.05) is 6.61 Å². The molecule has 2 N–H and O–H groups in total. The van der Waals surface area contributed by atoms with E-state index in [1.165, 1.54) is 0 Å². The molecule has 1 heterocycles. The number of carbonyl (C=O) groups excluding carboxylic acids is 1. The maximum atomic E-state index is 13.1. The largest absolute Gasteiger partial charge is 0.506 e.